The molecule has 0 spiro atoms. The van der Waals surface area contributed by atoms with Crippen LogP contribution in [-0.2, 0) is 6.54 Å². The van der Waals surface area contributed by atoms with Gasteiger partial charge in [0, 0.05) is 12.6 Å². The van der Waals surface area contributed by atoms with E-state index in [-0.39, 0.29) is 11.6 Å². The van der Waals surface area contributed by atoms with Gasteiger partial charge in [-0.1, -0.05) is 17.3 Å². The standard InChI is InChI=1S/C13H15N3O3/c1-9-7-12(16-19-9)13(17)15-14-8-10-3-5-11(18-2)6-4-10/h3-7,14H,8H2,1-2H3,(H,15,17). The van der Waals surface area contributed by atoms with E-state index in [4.69, 9.17) is 9.26 Å². The van der Waals surface area contributed by atoms with E-state index >= 15 is 0 Å². The Morgan fingerprint density at radius 3 is 2.68 bits per heavy atom. The van der Waals surface area contributed by atoms with Crippen LogP contribution in [0.1, 0.15) is 21.8 Å². The maximum atomic E-state index is 11.6. The number of aryl methyl sites for hydroxylation is 1. The van der Waals surface area contributed by atoms with Crippen molar-refractivity contribution in [2.24, 2.45) is 0 Å². The zero-order chi connectivity index (χ0) is 13.7. The fourth-order valence-electron chi connectivity index (χ4n) is 1.51. The number of hydrogen-bond acceptors (Lipinski definition) is 5. The number of ether oxygens (including phenoxy) is 1. The van der Waals surface area contributed by atoms with E-state index in [0.29, 0.717) is 12.3 Å². The Labute approximate surface area is 110 Å². The number of carbonyl (C=O) groups is 1. The fourth-order valence-corrected chi connectivity index (χ4v) is 1.51. The number of nitrogens with one attached hydrogen (secondary N) is 2. The third-order valence-corrected chi connectivity index (χ3v) is 2.51. The molecule has 0 saturated heterocycles. The molecule has 0 saturated carbocycles. The molecule has 0 aliphatic carbocycles. The zero-order valence-electron chi connectivity index (χ0n) is 10.8. The minimum absolute atomic E-state index is 0.250. The van der Waals surface area contributed by atoms with Crippen LogP contribution in [0.15, 0.2) is 34.9 Å². The van der Waals surface area contributed by atoms with Crippen molar-refractivity contribution in [1.29, 1.82) is 0 Å². The van der Waals surface area contributed by atoms with Gasteiger partial charge in [-0.15, -0.1) is 0 Å². The van der Waals surface area contributed by atoms with E-state index < -0.39 is 0 Å². The molecule has 2 aromatic rings. The lowest BCUT2D eigenvalue weighted by Gasteiger charge is -2.06. The highest BCUT2D eigenvalue weighted by Gasteiger charge is 2.09. The third kappa shape index (κ3) is 3.56. The molecular weight excluding hydrogens is 246 g/mol. The summed E-state index contributed by atoms with van der Waals surface area (Å²) < 4.78 is 9.89. The van der Waals surface area contributed by atoms with E-state index in [1.807, 2.05) is 24.3 Å². The Balaban J connectivity index is 1.81. The molecule has 0 aliphatic heterocycles. The van der Waals surface area contributed by atoms with Gasteiger partial charge >= 0.3 is 0 Å². The second-order valence-corrected chi connectivity index (χ2v) is 3.98. The predicted octanol–water partition coefficient (Wildman–Crippen LogP) is 1.43. The van der Waals surface area contributed by atoms with Crippen molar-refractivity contribution in [3.63, 3.8) is 0 Å². The lowest BCUT2D eigenvalue weighted by Crippen LogP contribution is -2.36. The summed E-state index contributed by atoms with van der Waals surface area (Å²) in [5.41, 5.74) is 6.65. The van der Waals surface area contributed by atoms with Gasteiger partial charge in [0.05, 0.1) is 7.11 Å². The number of aromatic nitrogens is 1. The van der Waals surface area contributed by atoms with E-state index in [9.17, 15) is 4.79 Å². The Hall–Kier alpha value is -2.34. The van der Waals surface area contributed by atoms with Gasteiger partial charge in [0.25, 0.3) is 5.91 Å². The first-order valence-corrected chi connectivity index (χ1v) is 5.78. The molecule has 6 nitrogen and oxygen atoms in total. The molecular formula is C13H15N3O3. The van der Waals surface area contributed by atoms with Crippen molar-refractivity contribution in [1.82, 2.24) is 16.0 Å². The molecule has 19 heavy (non-hydrogen) atoms. The van der Waals surface area contributed by atoms with Crippen LogP contribution in [-0.4, -0.2) is 18.2 Å². The summed E-state index contributed by atoms with van der Waals surface area (Å²) in [6.45, 7) is 2.24. The summed E-state index contributed by atoms with van der Waals surface area (Å²) >= 11 is 0. The van der Waals surface area contributed by atoms with E-state index in [2.05, 4.69) is 16.0 Å². The minimum Gasteiger partial charge on any atom is -0.497 e. The van der Waals surface area contributed by atoms with Gasteiger partial charge in [-0.25, -0.2) is 5.43 Å². The molecule has 100 valence electrons. The maximum Gasteiger partial charge on any atom is 0.287 e. The van der Waals surface area contributed by atoms with Crippen LogP contribution in [0.3, 0.4) is 0 Å². The maximum absolute atomic E-state index is 11.6. The third-order valence-electron chi connectivity index (χ3n) is 2.51. The molecule has 0 atom stereocenters. The lowest BCUT2D eigenvalue weighted by atomic mass is 10.2. The normalized spacial score (nSPS) is 10.2. The first-order chi connectivity index (χ1) is 9.19. The molecule has 6 heteroatoms. The average Bonchev–Trinajstić information content (AvgIpc) is 2.86. The highest BCUT2D eigenvalue weighted by molar-refractivity contribution is 5.91. The highest BCUT2D eigenvalue weighted by Crippen LogP contribution is 2.10. The minimum atomic E-state index is -0.328. The number of hydrogen-bond donors (Lipinski definition) is 2. The van der Waals surface area contributed by atoms with Gasteiger partial charge in [0.2, 0.25) is 0 Å². The van der Waals surface area contributed by atoms with Crippen LogP contribution < -0.4 is 15.6 Å². The van der Waals surface area contributed by atoms with Gasteiger partial charge in [0.1, 0.15) is 11.5 Å². The number of hydrazine groups is 1. The number of amides is 1. The monoisotopic (exact) mass is 261 g/mol. The molecule has 2 N–H and O–H groups in total. The SMILES string of the molecule is COc1ccc(CNNC(=O)c2cc(C)on2)cc1. The predicted molar refractivity (Wildman–Crippen MR) is 68.5 cm³/mol. The fraction of sp³-hybridized carbons (Fsp3) is 0.231. The summed E-state index contributed by atoms with van der Waals surface area (Å²) in [4.78, 5) is 11.6. The zero-order valence-corrected chi connectivity index (χ0v) is 10.8. The second kappa shape index (κ2) is 6.01. The quantitative estimate of drug-likeness (QED) is 0.796. The smallest absolute Gasteiger partial charge is 0.287 e. The number of rotatable bonds is 5. The van der Waals surface area contributed by atoms with Gasteiger partial charge < -0.3 is 9.26 Å². The van der Waals surface area contributed by atoms with Crippen LogP contribution in [0.2, 0.25) is 0 Å². The topological polar surface area (TPSA) is 76.4 Å². The van der Waals surface area contributed by atoms with Crippen molar-refractivity contribution in [3.05, 3.63) is 47.3 Å². The largest absolute Gasteiger partial charge is 0.497 e. The highest BCUT2D eigenvalue weighted by atomic mass is 16.5. The van der Waals surface area contributed by atoms with Gasteiger partial charge in [0.15, 0.2) is 5.69 Å². The molecule has 2 rings (SSSR count). The summed E-state index contributed by atoms with van der Waals surface area (Å²) in [5.74, 6) is 1.07. The summed E-state index contributed by atoms with van der Waals surface area (Å²) in [6.07, 6.45) is 0. The van der Waals surface area contributed by atoms with E-state index in [1.165, 1.54) is 0 Å². The summed E-state index contributed by atoms with van der Waals surface area (Å²) in [6, 6.07) is 9.13. The Bertz CT molecular complexity index is 549. The molecule has 1 amide bonds. The van der Waals surface area contributed by atoms with Gasteiger partial charge in [-0.3, -0.25) is 10.2 Å². The lowest BCUT2D eigenvalue weighted by molar-refractivity contribution is 0.0923. The van der Waals surface area contributed by atoms with Crippen LogP contribution in [0.5, 0.6) is 5.75 Å². The van der Waals surface area contributed by atoms with Crippen LogP contribution >= 0.6 is 0 Å². The summed E-state index contributed by atoms with van der Waals surface area (Å²) in [5, 5.41) is 3.62. The number of methoxy groups -OCH3 is 1. The Morgan fingerprint density at radius 2 is 2.11 bits per heavy atom. The first-order valence-electron chi connectivity index (χ1n) is 5.78. The van der Waals surface area contributed by atoms with Crippen molar-refractivity contribution >= 4 is 5.91 Å². The van der Waals surface area contributed by atoms with Gasteiger partial charge in [-0.2, -0.15) is 0 Å². The van der Waals surface area contributed by atoms with Crippen LogP contribution in [0, 0.1) is 6.92 Å². The number of carbonyl (C=O) groups excluding carboxylic acids is 1. The number of benzene rings is 1. The second-order valence-electron chi connectivity index (χ2n) is 3.98. The molecule has 1 heterocycles. The van der Waals surface area contributed by atoms with E-state index in [1.54, 1.807) is 20.1 Å². The van der Waals surface area contributed by atoms with Crippen molar-refractivity contribution in [2.45, 2.75) is 13.5 Å². The molecule has 0 bridgehead atoms. The van der Waals surface area contributed by atoms with Crippen molar-refractivity contribution < 1.29 is 14.1 Å². The van der Waals surface area contributed by atoms with Gasteiger partial charge in [-0.05, 0) is 24.6 Å². The number of nitrogens with zero attached hydrogens (tertiary/aromatic N) is 1. The van der Waals surface area contributed by atoms with Crippen molar-refractivity contribution in [2.75, 3.05) is 7.11 Å². The first kappa shape index (κ1) is 13.1. The van der Waals surface area contributed by atoms with Crippen molar-refractivity contribution in [3.8, 4) is 5.75 Å². The molecule has 0 aliphatic rings. The summed E-state index contributed by atoms with van der Waals surface area (Å²) in [7, 11) is 1.62. The molecule has 1 aromatic carbocycles. The van der Waals surface area contributed by atoms with E-state index in [0.717, 1.165) is 11.3 Å². The molecule has 1 aromatic heterocycles. The molecule has 0 unspecified atom stereocenters. The molecule has 0 radical (unpaired) electrons. The van der Waals surface area contributed by atoms with Crippen LogP contribution in [0.25, 0.3) is 0 Å². The van der Waals surface area contributed by atoms with Crippen LogP contribution in [0.4, 0.5) is 0 Å². The Morgan fingerprint density at radius 1 is 1.37 bits per heavy atom. The molecule has 0 fully saturated rings. The average molecular weight is 261 g/mol. The Kier molecular flexibility index (Phi) is 4.15.